The largest absolute Gasteiger partial charge is 0.369 e. The molecule has 1 fully saturated rings. The van der Waals surface area contributed by atoms with Gasteiger partial charge in [0.05, 0.1) is 0 Å². The number of piperazine rings is 1. The van der Waals surface area contributed by atoms with Gasteiger partial charge in [-0.1, -0.05) is 49.4 Å². The maximum absolute atomic E-state index is 12.6. The van der Waals surface area contributed by atoms with Gasteiger partial charge in [-0.05, 0) is 66.3 Å². The summed E-state index contributed by atoms with van der Waals surface area (Å²) in [6.45, 7) is 7.59. The van der Waals surface area contributed by atoms with Crippen molar-refractivity contribution in [2.45, 2.75) is 6.92 Å². The van der Waals surface area contributed by atoms with Crippen LogP contribution in [0.25, 0.3) is 11.1 Å². The standard InChI is InChI=1S/C26H28N4OS/c1-2-29-16-18-30(19-17-29)24-14-12-23(13-15-24)27-26(32)28-25(31)22-10-8-21(9-11-22)20-6-4-3-5-7-20/h3-15H,2,16-19H2,1H3,(H2,27,28,31,32). The van der Waals surface area contributed by atoms with Crippen LogP contribution in [0, 0.1) is 0 Å². The molecule has 0 bridgehead atoms. The quantitative estimate of drug-likeness (QED) is 0.562. The molecule has 0 aromatic heterocycles. The lowest BCUT2D eigenvalue weighted by Gasteiger charge is -2.35. The Morgan fingerprint density at radius 3 is 2.09 bits per heavy atom. The van der Waals surface area contributed by atoms with E-state index >= 15 is 0 Å². The van der Waals surface area contributed by atoms with Gasteiger partial charge in [-0.3, -0.25) is 10.1 Å². The molecule has 5 nitrogen and oxygen atoms in total. The van der Waals surface area contributed by atoms with Crippen molar-refractivity contribution in [3.63, 3.8) is 0 Å². The van der Waals surface area contributed by atoms with Crippen molar-refractivity contribution in [1.82, 2.24) is 10.2 Å². The van der Waals surface area contributed by atoms with E-state index in [2.05, 4.69) is 39.5 Å². The van der Waals surface area contributed by atoms with Crippen LogP contribution in [0.3, 0.4) is 0 Å². The third kappa shape index (κ3) is 5.52. The summed E-state index contributed by atoms with van der Waals surface area (Å²) in [7, 11) is 0. The second-order valence-electron chi connectivity index (χ2n) is 7.82. The monoisotopic (exact) mass is 444 g/mol. The number of benzene rings is 3. The van der Waals surface area contributed by atoms with Gasteiger partial charge in [0, 0.05) is 43.1 Å². The first-order chi connectivity index (χ1) is 15.6. The lowest BCUT2D eigenvalue weighted by atomic mass is 10.0. The molecular weight excluding hydrogens is 416 g/mol. The van der Waals surface area contributed by atoms with E-state index in [0.717, 1.165) is 49.5 Å². The van der Waals surface area contributed by atoms with E-state index < -0.39 is 0 Å². The second-order valence-corrected chi connectivity index (χ2v) is 8.23. The molecule has 4 rings (SSSR count). The number of hydrogen-bond acceptors (Lipinski definition) is 4. The highest BCUT2D eigenvalue weighted by Gasteiger charge is 2.15. The highest BCUT2D eigenvalue weighted by molar-refractivity contribution is 7.80. The van der Waals surface area contributed by atoms with Gasteiger partial charge in [0.25, 0.3) is 5.91 Å². The minimum absolute atomic E-state index is 0.229. The van der Waals surface area contributed by atoms with Crippen LogP contribution in [-0.4, -0.2) is 48.6 Å². The molecule has 0 radical (unpaired) electrons. The van der Waals surface area contributed by atoms with Crippen LogP contribution >= 0.6 is 12.2 Å². The van der Waals surface area contributed by atoms with Gasteiger partial charge in [-0.2, -0.15) is 0 Å². The molecule has 1 amide bonds. The fraction of sp³-hybridized carbons (Fsp3) is 0.231. The molecule has 1 heterocycles. The Hall–Kier alpha value is -3.22. The van der Waals surface area contributed by atoms with Crippen molar-refractivity contribution in [3.8, 4) is 11.1 Å². The Morgan fingerprint density at radius 1 is 0.844 bits per heavy atom. The van der Waals surface area contributed by atoms with E-state index in [-0.39, 0.29) is 11.0 Å². The van der Waals surface area contributed by atoms with E-state index in [1.165, 1.54) is 5.69 Å². The summed E-state index contributed by atoms with van der Waals surface area (Å²) in [6.07, 6.45) is 0. The minimum Gasteiger partial charge on any atom is -0.369 e. The van der Waals surface area contributed by atoms with Crippen molar-refractivity contribution < 1.29 is 4.79 Å². The number of carbonyl (C=O) groups excluding carboxylic acids is 1. The van der Waals surface area contributed by atoms with Crippen LogP contribution in [0.15, 0.2) is 78.9 Å². The van der Waals surface area contributed by atoms with Crippen molar-refractivity contribution in [2.75, 3.05) is 42.9 Å². The maximum Gasteiger partial charge on any atom is 0.257 e. The Balaban J connectivity index is 1.30. The molecule has 3 aromatic rings. The lowest BCUT2D eigenvalue weighted by Crippen LogP contribution is -2.46. The van der Waals surface area contributed by atoms with Gasteiger partial charge in [0.2, 0.25) is 0 Å². The third-order valence-electron chi connectivity index (χ3n) is 5.79. The van der Waals surface area contributed by atoms with Crippen LogP contribution in [-0.2, 0) is 0 Å². The predicted molar refractivity (Wildman–Crippen MR) is 136 cm³/mol. The van der Waals surface area contributed by atoms with Gasteiger partial charge >= 0.3 is 0 Å². The molecule has 1 aliphatic heterocycles. The highest BCUT2D eigenvalue weighted by Crippen LogP contribution is 2.20. The molecule has 0 atom stereocenters. The molecule has 1 saturated heterocycles. The number of carbonyl (C=O) groups is 1. The van der Waals surface area contributed by atoms with Crippen LogP contribution < -0.4 is 15.5 Å². The van der Waals surface area contributed by atoms with E-state index in [1.54, 1.807) is 0 Å². The zero-order chi connectivity index (χ0) is 22.3. The first-order valence-electron chi connectivity index (χ1n) is 11.0. The number of amides is 1. The molecule has 164 valence electrons. The fourth-order valence-corrected chi connectivity index (χ4v) is 4.07. The molecule has 0 aliphatic carbocycles. The van der Waals surface area contributed by atoms with Gasteiger partial charge in [0.15, 0.2) is 5.11 Å². The van der Waals surface area contributed by atoms with Crippen LogP contribution in [0.4, 0.5) is 11.4 Å². The van der Waals surface area contributed by atoms with Crippen LogP contribution in [0.1, 0.15) is 17.3 Å². The van der Waals surface area contributed by atoms with Crippen molar-refractivity contribution in [3.05, 3.63) is 84.4 Å². The summed E-state index contributed by atoms with van der Waals surface area (Å²) in [5.74, 6) is -0.229. The van der Waals surface area contributed by atoms with E-state index in [9.17, 15) is 4.79 Å². The average Bonchev–Trinajstić information content (AvgIpc) is 2.85. The Bertz CT molecular complexity index is 1040. The van der Waals surface area contributed by atoms with Gasteiger partial charge in [-0.25, -0.2) is 0 Å². The SMILES string of the molecule is CCN1CCN(c2ccc(NC(=S)NC(=O)c3ccc(-c4ccccc4)cc3)cc2)CC1. The number of rotatable bonds is 5. The summed E-state index contributed by atoms with van der Waals surface area (Å²) >= 11 is 5.34. The number of nitrogens with zero attached hydrogens (tertiary/aromatic N) is 2. The third-order valence-corrected chi connectivity index (χ3v) is 6.00. The van der Waals surface area contributed by atoms with Crippen molar-refractivity contribution in [2.24, 2.45) is 0 Å². The summed E-state index contributed by atoms with van der Waals surface area (Å²) < 4.78 is 0. The maximum atomic E-state index is 12.6. The lowest BCUT2D eigenvalue weighted by molar-refractivity contribution is 0.0978. The first kappa shape index (κ1) is 22.0. The highest BCUT2D eigenvalue weighted by atomic mass is 32.1. The first-order valence-corrected chi connectivity index (χ1v) is 11.4. The molecule has 0 spiro atoms. The topological polar surface area (TPSA) is 47.6 Å². The van der Waals surface area contributed by atoms with Gasteiger partial charge < -0.3 is 15.1 Å². The molecule has 6 heteroatoms. The minimum atomic E-state index is -0.229. The molecule has 0 unspecified atom stereocenters. The molecular formula is C26H28N4OS. The Morgan fingerprint density at radius 2 is 1.47 bits per heavy atom. The summed E-state index contributed by atoms with van der Waals surface area (Å²) in [5, 5.41) is 6.14. The molecule has 0 saturated carbocycles. The van der Waals surface area contributed by atoms with Gasteiger partial charge in [0.1, 0.15) is 0 Å². The average molecular weight is 445 g/mol. The molecule has 3 aromatic carbocycles. The number of hydrogen-bond donors (Lipinski definition) is 2. The predicted octanol–water partition coefficient (Wildman–Crippen LogP) is 4.62. The van der Waals surface area contributed by atoms with Crippen LogP contribution in [0.2, 0.25) is 0 Å². The Labute approximate surface area is 195 Å². The smallest absolute Gasteiger partial charge is 0.257 e. The van der Waals surface area contributed by atoms with E-state index in [0.29, 0.717) is 5.56 Å². The zero-order valence-corrected chi connectivity index (χ0v) is 19.1. The summed E-state index contributed by atoms with van der Waals surface area (Å²) in [5.41, 5.74) is 4.81. The fourth-order valence-electron chi connectivity index (χ4n) is 3.86. The summed E-state index contributed by atoms with van der Waals surface area (Å²) in [6, 6.07) is 25.8. The van der Waals surface area contributed by atoms with Crippen LogP contribution in [0.5, 0.6) is 0 Å². The normalized spacial score (nSPS) is 14.1. The molecule has 32 heavy (non-hydrogen) atoms. The van der Waals surface area contributed by atoms with E-state index in [1.807, 2.05) is 66.7 Å². The number of thiocarbonyl (C=S) groups is 1. The van der Waals surface area contributed by atoms with Crippen molar-refractivity contribution >= 4 is 34.6 Å². The van der Waals surface area contributed by atoms with Crippen molar-refractivity contribution in [1.29, 1.82) is 0 Å². The molecule has 2 N–H and O–H groups in total. The summed E-state index contributed by atoms with van der Waals surface area (Å²) in [4.78, 5) is 17.4. The number of nitrogens with one attached hydrogen (secondary N) is 2. The number of likely N-dealkylation sites (N-methyl/N-ethyl adjacent to an activating group) is 1. The second kappa shape index (κ2) is 10.4. The molecule has 1 aliphatic rings. The zero-order valence-electron chi connectivity index (χ0n) is 18.3. The van der Waals surface area contributed by atoms with E-state index in [4.69, 9.17) is 12.2 Å². The number of anilines is 2. The van der Waals surface area contributed by atoms with Gasteiger partial charge in [-0.15, -0.1) is 0 Å². The Kier molecular flexibility index (Phi) is 7.14.